The summed E-state index contributed by atoms with van der Waals surface area (Å²) in [5, 5.41) is 3.44. The highest BCUT2D eigenvalue weighted by Gasteiger charge is 2.09. The Morgan fingerprint density at radius 2 is 2.00 bits per heavy atom. The Bertz CT molecular complexity index is 165. The lowest BCUT2D eigenvalue weighted by molar-refractivity contribution is 0.332. The normalized spacial score (nSPS) is 17.3. The third-order valence-electron chi connectivity index (χ3n) is 2.68. The van der Waals surface area contributed by atoms with Gasteiger partial charge in [0.2, 0.25) is 0 Å². The van der Waals surface area contributed by atoms with Gasteiger partial charge in [0.25, 0.3) is 0 Å². The molecule has 0 aliphatic carbocycles. The maximum absolute atomic E-state index is 3.44. The predicted octanol–water partition coefficient (Wildman–Crippen LogP) is 2.03. The summed E-state index contributed by atoms with van der Waals surface area (Å²) in [6.45, 7) is 10.4. The quantitative estimate of drug-likeness (QED) is 0.516. The van der Waals surface area contributed by atoms with Crippen LogP contribution in [0, 0.1) is 0 Å². The van der Waals surface area contributed by atoms with E-state index >= 15 is 0 Å². The summed E-state index contributed by atoms with van der Waals surface area (Å²) in [5.41, 5.74) is 1.40. The van der Waals surface area contributed by atoms with E-state index < -0.39 is 0 Å². The van der Waals surface area contributed by atoms with E-state index in [-0.39, 0.29) is 0 Å². The monoisotopic (exact) mass is 196 g/mol. The zero-order chi connectivity index (χ0) is 10.2. The molecule has 0 bridgehead atoms. The van der Waals surface area contributed by atoms with Gasteiger partial charge in [-0.3, -0.25) is 0 Å². The highest BCUT2D eigenvalue weighted by Crippen LogP contribution is 2.06. The van der Waals surface area contributed by atoms with E-state index in [2.05, 4.69) is 30.1 Å². The van der Waals surface area contributed by atoms with Crippen LogP contribution in [0.15, 0.2) is 11.6 Å². The smallest absolute Gasteiger partial charge is 0.0137 e. The lowest BCUT2D eigenvalue weighted by Crippen LogP contribution is -2.24. The molecule has 1 aliphatic rings. The van der Waals surface area contributed by atoms with Crippen LogP contribution >= 0.6 is 0 Å². The molecule has 1 heterocycles. The van der Waals surface area contributed by atoms with Crippen molar-refractivity contribution in [2.45, 2.75) is 33.1 Å². The van der Waals surface area contributed by atoms with Crippen molar-refractivity contribution in [3.8, 4) is 0 Å². The molecule has 1 fully saturated rings. The van der Waals surface area contributed by atoms with Gasteiger partial charge in [-0.25, -0.2) is 0 Å². The Hall–Kier alpha value is -0.340. The van der Waals surface area contributed by atoms with Crippen LogP contribution in [0.1, 0.15) is 33.1 Å². The minimum atomic E-state index is 1.03. The van der Waals surface area contributed by atoms with Crippen molar-refractivity contribution in [1.82, 2.24) is 10.2 Å². The fraction of sp³-hybridized carbons (Fsp3) is 0.833. The molecular formula is C12H24N2. The molecule has 0 aromatic carbocycles. The summed E-state index contributed by atoms with van der Waals surface area (Å²) in [4.78, 5) is 2.57. The summed E-state index contributed by atoms with van der Waals surface area (Å²) in [6, 6.07) is 0. The molecule has 0 atom stereocenters. The summed E-state index contributed by atoms with van der Waals surface area (Å²) >= 11 is 0. The number of hydrogen-bond acceptors (Lipinski definition) is 2. The number of allylic oxidation sites excluding steroid dienone is 1. The summed E-state index contributed by atoms with van der Waals surface area (Å²) < 4.78 is 0. The number of rotatable bonds is 6. The first kappa shape index (κ1) is 11.7. The van der Waals surface area contributed by atoms with Gasteiger partial charge in [-0.1, -0.05) is 11.6 Å². The maximum Gasteiger partial charge on any atom is 0.0137 e. The van der Waals surface area contributed by atoms with Gasteiger partial charge in [0.1, 0.15) is 0 Å². The minimum Gasteiger partial charge on any atom is -0.313 e. The van der Waals surface area contributed by atoms with E-state index in [1.807, 2.05) is 0 Å². The molecule has 1 saturated heterocycles. The Balaban J connectivity index is 1.86. The van der Waals surface area contributed by atoms with Gasteiger partial charge >= 0.3 is 0 Å². The first-order chi connectivity index (χ1) is 6.79. The summed E-state index contributed by atoms with van der Waals surface area (Å²) in [6.07, 6.45) is 6.35. The predicted molar refractivity (Wildman–Crippen MR) is 62.6 cm³/mol. The Labute approximate surface area is 88.4 Å². The molecule has 1 rings (SSSR count). The molecule has 0 amide bonds. The molecule has 0 aromatic heterocycles. The second kappa shape index (κ2) is 7.02. The highest BCUT2D eigenvalue weighted by molar-refractivity contribution is 4.94. The number of likely N-dealkylation sites (tertiary alicyclic amines) is 1. The van der Waals surface area contributed by atoms with Crippen LogP contribution in [0.5, 0.6) is 0 Å². The zero-order valence-electron chi connectivity index (χ0n) is 9.68. The van der Waals surface area contributed by atoms with Crippen molar-refractivity contribution in [2.75, 3.05) is 32.7 Å². The number of hydrogen-bond donors (Lipinski definition) is 1. The topological polar surface area (TPSA) is 15.3 Å². The molecular weight excluding hydrogens is 172 g/mol. The van der Waals surface area contributed by atoms with Crippen molar-refractivity contribution in [1.29, 1.82) is 0 Å². The lowest BCUT2D eigenvalue weighted by Gasteiger charge is -2.13. The maximum atomic E-state index is 3.44. The highest BCUT2D eigenvalue weighted by atomic mass is 15.1. The van der Waals surface area contributed by atoms with Gasteiger partial charge in [-0.2, -0.15) is 0 Å². The fourth-order valence-electron chi connectivity index (χ4n) is 1.81. The van der Waals surface area contributed by atoms with Gasteiger partial charge in [-0.15, -0.1) is 0 Å². The van der Waals surface area contributed by atoms with E-state index in [1.54, 1.807) is 0 Å². The summed E-state index contributed by atoms with van der Waals surface area (Å²) in [7, 11) is 0. The van der Waals surface area contributed by atoms with Crippen LogP contribution in [-0.4, -0.2) is 37.6 Å². The van der Waals surface area contributed by atoms with Gasteiger partial charge in [0.05, 0.1) is 0 Å². The molecule has 82 valence electrons. The van der Waals surface area contributed by atoms with Crippen LogP contribution in [0.4, 0.5) is 0 Å². The molecule has 0 radical (unpaired) electrons. The average Bonchev–Trinajstić information content (AvgIpc) is 2.63. The number of nitrogens with zero attached hydrogens (tertiary/aromatic N) is 1. The largest absolute Gasteiger partial charge is 0.313 e. The molecule has 2 nitrogen and oxygen atoms in total. The standard InChI is InChI=1S/C12H24N2/c1-12(2)6-8-13-7-5-11-14-9-3-4-10-14/h6,13H,3-5,7-11H2,1-2H3. The summed E-state index contributed by atoms with van der Waals surface area (Å²) in [5.74, 6) is 0. The Morgan fingerprint density at radius 1 is 1.29 bits per heavy atom. The van der Waals surface area contributed by atoms with E-state index in [0.717, 1.165) is 13.1 Å². The number of nitrogens with one attached hydrogen (secondary N) is 1. The van der Waals surface area contributed by atoms with Gasteiger partial charge in [-0.05, 0) is 59.3 Å². The third-order valence-corrected chi connectivity index (χ3v) is 2.68. The second-order valence-electron chi connectivity index (χ2n) is 4.39. The van der Waals surface area contributed by atoms with Crippen LogP contribution in [0.3, 0.4) is 0 Å². The second-order valence-corrected chi connectivity index (χ2v) is 4.39. The Kier molecular flexibility index (Phi) is 5.88. The molecule has 0 spiro atoms. The Morgan fingerprint density at radius 3 is 2.64 bits per heavy atom. The van der Waals surface area contributed by atoms with Gasteiger partial charge in [0.15, 0.2) is 0 Å². The average molecular weight is 196 g/mol. The lowest BCUT2D eigenvalue weighted by atomic mass is 10.3. The fourth-order valence-corrected chi connectivity index (χ4v) is 1.81. The van der Waals surface area contributed by atoms with E-state index in [1.165, 1.54) is 44.5 Å². The van der Waals surface area contributed by atoms with E-state index in [9.17, 15) is 0 Å². The molecule has 1 aliphatic heterocycles. The molecule has 0 aromatic rings. The van der Waals surface area contributed by atoms with Crippen LogP contribution in [-0.2, 0) is 0 Å². The first-order valence-corrected chi connectivity index (χ1v) is 5.85. The van der Waals surface area contributed by atoms with Crippen molar-refractivity contribution in [3.63, 3.8) is 0 Å². The van der Waals surface area contributed by atoms with Crippen LogP contribution < -0.4 is 5.32 Å². The molecule has 14 heavy (non-hydrogen) atoms. The van der Waals surface area contributed by atoms with Gasteiger partial charge in [0, 0.05) is 6.54 Å². The van der Waals surface area contributed by atoms with Crippen molar-refractivity contribution in [2.24, 2.45) is 0 Å². The van der Waals surface area contributed by atoms with Crippen LogP contribution in [0.25, 0.3) is 0 Å². The van der Waals surface area contributed by atoms with Gasteiger partial charge < -0.3 is 10.2 Å². The van der Waals surface area contributed by atoms with Crippen molar-refractivity contribution in [3.05, 3.63) is 11.6 Å². The van der Waals surface area contributed by atoms with Crippen LogP contribution in [0.2, 0.25) is 0 Å². The van der Waals surface area contributed by atoms with E-state index in [4.69, 9.17) is 0 Å². The SMILES string of the molecule is CC(C)=CCNCCCN1CCCC1. The minimum absolute atomic E-state index is 1.03. The molecule has 0 saturated carbocycles. The van der Waals surface area contributed by atoms with Crippen molar-refractivity contribution >= 4 is 0 Å². The molecule has 2 heteroatoms. The first-order valence-electron chi connectivity index (χ1n) is 5.85. The zero-order valence-corrected chi connectivity index (χ0v) is 9.68. The van der Waals surface area contributed by atoms with E-state index in [0.29, 0.717) is 0 Å². The third kappa shape index (κ3) is 5.40. The molecule has 1 N–H and O–H groups in total. The molecule has 0 unspecified atom stereocenters. The van der Waals surface area contributed by atoms with Crippen molar-refractivity contribution < 1.29 is 0 Å².